The highest BCUT2D eigenvalue weighted by Crippen LogP contribution is 2.24. The van der Waals surface area contributed by atoms with Gasteiger partial charge >= 0.3 is 0 Å². The first kappa shape index (κ1) is 7.48. The van der Waals surface area contributed by atoms with E-state index in [4.69, 9.17) is 0 Å². The summed E-state index contributed by atoms with van der Waals surface area (Å²) >= 11 is 3.16. The minimum atomic E-state index is -0.925. The topological polar surface area (TPSA) is 12.0 Å². The molecule has 1 N–H and O–H groups in total. The van der Waals surface area contributed by atoms with Crippen LogP contribution in [0.1, 0.15) is 12.8 Å². The van der Waals surface area contributed by atoms with Crippen LogP contribution in [0.2, 0.25) is 0 Å². The van der Waals surface area contributed by atoms with E-state index in [9.17, 15) is 4.39 Å². The number of alkyl halides is 2. The summed E-state index contributed by atoms with van der Waals surface area (Å²) in [4.78, 5) is 0. The van der Waals surface area contributed by atoms with Crippen LogP contribution in [-0.4, -0.2) is 24.1 Å². The fourth-order valence-corrected chi connectivity index (χ4v) is 1.57. The van der Waals surface area contributed by atoms with Crippen LogP contribution in [-0.2, 0) is 0 Å². The maximum Gasteiger partial charge on any atom is 0.123 e. The highest BCUT2D eigenvalue weighted by molar-refractivity contribution is 9.09. The van der Waals surface area contributed by atoms with Gasteiger partial charge in [-0.1, -0.05) is 15.9 Å². The van der Waals surface area contributed by atoms with Gasteiger partial charge in [0.1, 0.15) is 5.67 Å². The molecule has 0 aliphatic carbocycles. The van der Waals surface area contributed by atoms with Crippen LogP contribution in [0.3, 0.4) is 0 Å². The van der Waals surface area contributed by atoms with Crippen molar-refractivity contribution in [3.63, 3.8) is 0 Å². The van der Waals surface area contributed by atoms with Crippen LogP contribution in [0, 0.1) is 0 Å². The lowest BCUT2D eigenvalue weighted by atomic mass is 9.97. The Balaban J connectivity index is 2.37. The molecule has 1 fully saturated rings. The van der Waals surface area contributed by atoms with Gasteiger partial charge in [0.2, 0.25) is 0 Å². The van der Waals surface area contributed by atoms with Gasteiger partial charge < -0.3 is 5.32 Å². The molecule has 1 aliphatic rings. The Bertz CT molecular complexity index is 91.1. The van der Waals surface area contributed by atoms with E-state index < -0.39 is 5.67 Å². The summed E-state index contributed by atoms with van der Waals surface area (Å²) in [6.45, 7) is 1.64. The third-order valence-corrected chi connectivity index (χ3v) is 2.74. The fourth-order valence-electron chi connectivity index (χ4n) is 1.01. The molecule has 0 aromatic heterocycles. The summed E-state index contributed by atoms with van der Waals surface area (Å²) in [5, 5.41) is 3.60. The van der Waals surface area contributed by atoms with Crippen LogP contribution in [0.25, 0.3) is 0 Å². The predicted octanol–water partition coefficient (Wildman–Crippen LogP) is 1.47. The summed E-state index contributed by atoms with van der Waals surface area (Å²) in [5.74, 6) is 0. The molecule has 0 saturated carbocycles. The van der Waals surface area contributed by atoms with Crippen molar-refractivity contribution in [2.75, 3.05) is 18.4 Å². The maximum atomic E-state index is 13.2. The highest BCUT2D eigenvalue weighted by Gasteiger charge is 2.29. The van der Waals surface area contributed by atoms with Crippen molar-refractivity contribution in [3.05, 3.63) is 0 Å². The van der Waals surface area contributed by atoms with E-state index in [0.29, 0.717) is 18.2 Å². The highest BCUT2D eigenvalue weighted by atomic mass is 79.9. The Hall–Kier alpha value is 0.370. The van der Waals surface area contributed by atoms with Gasteiger partial charge in [0.15, 0.2) is 0 Å². The average molecular weight is 196 g/mol. The second kappa shape index (κ2) is 2.97. The van der Waals surface area contributed by atoms with E-state index in [1.165, 1.54) is 0 Å². The molecule has 0 aromatic rings. The summed E-state index contributed by atoms with van der Waals surface area (Å²) in [6, 6.07) is 0. The van der Waals surface area contributed by atoms with Crippen molar-refractivity contribution in [1.29, 1.82) is 0 Å². The Kier molecular flexibility index (Phi) is 2.47. The predicted molar refractivity (Wildman–Crippen MR) is 39.7 cm³/mol. The lowest BCUT2D eigenvalue weighted by Gasteiger charge is -2.27. The number of rotatable bonds is 1. The summed E-state index contributed by atoms with van der Waals surface area (Å²) in [6.07, 6.45) is 1.30. The molecule has 0 spiro atoms. The molecule has 1 aliphatic heterocycles. The molecular weight excluding hydrogens is 185 g/mol. The van der Waals surface area contributed by atoms with Crippen molar-refractivity contribution in [2.45, 2.75) is 18.5 Å². The monoisotopic (exact) mass is 195 g/mol. The van der Waals surface area contributed by atoms with E-state index in [0.717, 1.165) is 13.1 Å². The molecule has 0 atom stereocenters. The van der Waals surface area contributed by atoms with E-state index in [1.807, 2.05) is 0 Å². The first-order chi connectivity index (χ1) is 4.27. The summed E-state index contributed by atoms with van der Waals surface area (Å²) in [5.41, 5.74) is -0.925. The molecule has 1 heterocycles. The maximum absolute atomic E-state index is 13.2. The third kappa shape index (κ3) is 1.90. The van der Waals surface area contributed by atoms with E-state index >= 15 is 0 Å². The Morgan fingerprint density at radius 3 is 2.33 bits per heavy atom. The molecule has 0 amide bonds. The lowest BCUT2D eigenvalue weighted by Crippen LogP contribution is -2.39. The molecular formula is C6H11BrFN. The molecule has 3 heteroatoms. The summed E-state index contributed by atoms with van der Waals surface area (Å²) < 4.78 is 13.2. The summed E-state index contributed by atoms with van der Waals surface area (Å²) in [7, 11) is 0. The smallest absolute Gasteiger partial charge is 0.123 e. The lowest BCUT2D eigenvalue weighted by molar-refractivity contribution is 0.146. The molecule has 1 nitrogen and oxygen atoms in total. The first-order valence-corrected chi connectivity index (χ1v) is 4.35. The fraction of sp³-hybridized carbons (Fsp3) is 1.00. The Labute approximate surface area is 63.1 Å². The number of hydrogen-bond acceptors (Lipinski definition) is 1. The van der Waals surface area contributed by atoms with Crippen LogP contribution in [0.5, 0.6) is 0 Å². The van der Waals surface area contributed by atoms with Crippen LogP contribution in [0.15, 0.2) is 0 Å². The van der Waals surface area contributed by atoms with E-state index in [2.05, 4.69) is 21.2 Å². The largest absolute Gasteiger partial charge is 0.316 e. The minimum absolute atomic E-state index is 0.488. The molecule has 0 aromatic carbocycles. The zero-order valence-electron chi connectivity index (χ0n) is 5.29. The zero-order valence-corrected chi connectivity index (χ0v) is 6.88. The van der Waals surface area contributed by atoms with Gasteiger partial charge in [-0.05, 0) is 25.9 Å². The van der Waals surface area contributed by atoms with Crippen LogP contribution < -0.4 is 5.32 Å². The Morgan fingerprint density at radius 2 is 2.00 bits per heavy atom. The first-order valence-electron chi connectivity index (χ1n) is 3.22. The number of piperidine rings is 1. The molecule has 9 heavy (non-hydrogen) atoms. The van der Waals surface area contributed by atoms with Gasteiger partial charge in [-0.25, -0.2) is 4.39 Å². The second-order valence-corrected chi connectivity index (χ2v) is 3.10. The van der Waals surface area contributed by atoms with E-state index in [-0.39, 0.29) is 0 Å². The van der Waals surface area contributed by atoms with Crippen LogP contribution in [0.4, 0.5) is 4.39 Å². The van der Waals surface area contributed by atoms with Gasteiger partial charge in [0, 0.05) is 5.33 Å². The Morgan fingerprint density at radius 1 is 1.44 bits per heavy atom. The zero-order chi connectivity index (χ0) is 6.74. The number of nitrogens with one attached hydrogen (secondary N) is 1. The molecule has 1 saturated heterocycles. The van der Waals surface area contributed by atoms with Gasteiger partial charge in [-0.15, -0.1) is 0 Å². The van der Waals surface area contributed by atoms with E-state index in [1.54, 1.807) is 0 Å². The standard InChI is InChI=1S/C6H11BrFN/c7-5-6(8)1-3-9-4-2-6/h9H,1-5H2. The van der Waals surface area contributed by atoms with Gasteiger partial charge in [0.25, 0.3) is 0 Å². The molecule has 54 valence electrons. The van der Waals surface area contributed by atoms with Gasteiger partial charge in [-0.2, -0.15) is 0 Å². The minimum Gasteiger partial charge on any atom is -0.316 e. The van der Waals surface area contributed by atoms with Crippen molar-refractivity contribution < 1.29 is 4.39 Å². The average Bonchev–Trinajstić information content (AvgIpc) is 1.90. The molecule has 1 rings (SSSR count). The second-order valence-electron chi connectivity index (χ2n) is 2.53. The number of halogens is 2. The van der Waals surface area contributed by atoms with Crippen molar-refractivity contribution in [3.8, 4) is 0 Å². The molecule has 0 unspecified atom stereocenters. The SMILES string of the molecule is FC1(CBr)CCNCC1. The molecule has 0 radical (unpaired) electrons. The third-order valence-electron chi connectivity index (χ3n) is 1.74. The number of hydrogen-bond donors (Lipinski definition) is 1. The van der Waals surface area contributed by atoms with Gasteiger partial charge in [-0.3, -0.25) is 0 Å². The van der Waals surface area contributed by atoms with Crippen molar-refractivity contribution in [1.82, 2.24) is 5.32 Å². The quantitative estimate of drug-likeness (QED) is 0.626. The van der Waals surface area contributed by atoms with Crippen LogP contribution >= 0.6 is 15.9 Å². The normalized spacial score (nSPS) is 26.0. The molecule has 0 bridgehead atoms. The van der Waals surface area contributed by atoms with Crippen molar-refractivity contribution in [2.24, 2.45) is 0 Å². The van der Waals surface area contributed by atoms with Crippen molar-refractivity contribution >= 4 is 15.9 Å². The van der Waals surface area contributed by atoms with Gasteiger partial charge in [0.05, 0.1) is 0 Å².